The molecule has 0 saturated heterocycles. The molecule has 62 heavy (non-hydrogen) atoms. The molecular formula is C57H36N4O. The van der Waals surface area contributed by atoms with Gasteiger partial charge in [0, 0.05) is 43.9 Å². The Morgan fingerprint density at radius 1 is 0.306 bits per heavy atom. The summed E-state index contributed by atoms with van der Waals surface area (Å²) in [5.41, 5.74) is 14.4. The van der Waals surface area contributed by atoms with Crippen LogP contribution in [-0.4, -0.2) is 19.5 Å². The van der Waals surface area contributed by atoms with Crippen molar-refractivity contribution in [2.45, 2.75) is 0 Å². The molecule has 290 valence electrons. The van der Waals surface area contributed by atoms with E-state index in [1.54, 1.807) is 0 Å². The van der Waals surface area contributed by atoms with Crippen LogP contribution in [-0.2, 0) is 0 Å². The fourth-order valence-corrected chi connectivity index (χ4v) is 8.90. The first kappa shape index (κ1) is 35.5. The molecule has 0 aliphatic heterocycles. The highest BCUT2D eigenvalue weighted by molar-refractivity contribution is 6.19. The lowest BCUT2D eigenvalue weighted by Crippen LogP contribution is -2.00. The van der Waals surface area contributed by atoms with Gasteiger partial charge in [-0.25, -0.2) is 15.0 Å². The fourth-order valence-electron chi connectivity index (χ4n) is 8.90. The second kappa shape index (κ2) is 14.7. The SMILES string of the molecule is c1ccc(-c2cccc(-c3nc(-c4cccc(-c5ccccc5)c4)nc(-c4cccc5oc6cc7c8ccccc8n(-c8cccc(-c9ccccc9)c8)c7cc6c45)n3)c2)cc1. The van der Waals surface area contributed by atoms with E-state index in [1.807, 2.05) is 24.3 Å². The molecule has 0 atom stereocenters. The molecule has 12 aromatic rings. The topological polar surface area (TPSA) is 56.7 Å². The number of hydrogen-bond acceptors (Lipinski definition) is 4. The molecule has 0 unspecified atom stereocenters. The van der Waals surface area contributed by atoms with Gasteiger partial charge in [0.05, 0.1) is 11.0 Å². The van der Waals surface area contributed by atoms with Gasteiger partial charge < -0.3 is 8.98 Å². The van der Waals surface area contributed by atoms with E-state index in [4.69, 9.17) is 19.4 Å². The molecule has 0 amide bonds. The fraction of sp³-hybridized carbons (Fsp3) is 0. The summed E-state index contributed by atoms with van der Waals surface area (Å²) in [7, 11) is 0. The van der Waals surface area contributed by atoms with Crippen molar-refractivity contribution in [2.24, 2.45) is 0 Å². The van der Waals surface area contributed by atoms with Gasteiger partial charge in [-0.15, -0.1) is 0 Å². The molecule has 0 aliphatic rings. The van der Waals surface area contributed by atoms with Crippen LogP contribution in [0, 0.1) is 0 Å². The Kier molecular flexibility index (Phi) is 8.42. The quantitative estimate of drug-likeness (QED) is 0.161. The lowest BCUT2D eigenvalue weighted by atomic mass is 10.0. The van der Waals surface area contributed by atoms with E-state index >= 15 is 0 Å². The standard InChI is InChI=1S/C57H36N4O/c1-4-16-37(17-5-1)40-22-12-25-43(32-40)55-58-56(44-26-13-23-41(33-44)38-18-6-2-7-19-38)60-57(59-55)47-29-15-31-52-54(47)49-35-51-48(36-53(49)62-52)46-28-10-11-30-50(46)61(51)45-27-14-24-42(34-45)39-20-8-3-9-21-39/h1-36H. The van der Waals surface area contributed by atoms with Gasteiger partial charge in [0.1, 0.15) is 11.2 Å². The molecule has 0 saturated carbocycles. The highest BCUT2D eigenvalue weighted by Gasteiger charge is 2.21. The van der Waals surface area contributed by atoms with E-state index in [2.05, 4.69) is 199 Å². The van der Waals surface area contributed by atoms with Gasteiger partial charge in [-0.3, -0.25) is 0 Å². The minimum Gasteiger partial charge on any atom is -0.456 e. The second-order valence-corrected chi connectivity index (χ2v) is 15.6. The first-order chi connectivity index (χ1) is 30.7. The lowest BCUT2D eigenvalue weighted by Gasteiger charge is -2.11. The van der Waals surface area contributed by atoms with Crippen molar-refractivity contribution in [1.82, 2.24) is 19.5 Å². The summed E-state index contributed by atoms with van der Waals surface area (Å²) in [6, 6.07) is 76.3. The van der Waals surface area contributed by atoms with Crippen molar-refractivity contribution in [3.05, 3.63) is 218 Å². The van der Waals surface area contributed by atoms with E-state index in [1.165, 1.54) is 5.56 Å². The third-order valence-electron chi connectivity index (χ3n) is 11.8. The summed E-state index contributed by atoms with van der Waals surface area (Å²) in [6.45, 7) is 0. The third kappa shape index (κ3) is 6.14. The van der Waals surface area contributed by atoms with E-state index in [0.29, 0.717) is 17.5 Å². The molecule has 0 fully saturated rings. The van der Waals surface area contributed by atoms with Crippen molar-refractivity contribution in [3.8, 4) is 73.2 Å². The highest BCUT2D eigenvalue weighted by atomic mass is 16.3. The minimum absolute atomic E-state index is 0.574. The molecule has 0 aliphatic carbocycles. The Balaban J connectivity index is 1.08. The molecule has 0 N–H and O–H groups in total. The zero-order valence-corrected chi connectivity index (χ0v) is 33.5. The molecule has 3 aromatic heterocycles. The van der Waals surface area contributed by atoms with Gasteiger partial charge in [-0.2, -0.15) is 0 Å². The van der Waals surface area contributed by atoms with Crippen LogP contribution >= 0.6 is 0 Å². The number of para-hydroxylation sites is 1. The van der Waals surface area contributed by atoms with Crippen molar-refractivity contribution >= 4 is 43.7 Å². The van der Waals surface area contributed by atoms with Crippen LogP contribution in [0.25, 0.3) is 117 Å². The van der Waals surface area contributed by atoms with Crippen molar-refractivity contribution < 1.29 is 4.42 Å². The van der Waals surface area contributed by atoms with E-state index in [9.17, 15) is 0 Å². The first-order valence-electron chi connectivity index (χ1n) is 20.8. The van der Waals surface area contributed by atoms with Crippen LogP contribution in [0.2, 0.25) is 0 Å². The van der Waals surface area contributed by atoms with Gasteiger partial charge in [0.25, 0.3) is 0 Å². The van der Waals surface area contributed by atoms with Gasteiger partial charge in [-0.1, -0.05) is 170 Å². The van der Waals surface area contributed by atoms with Gasteiger partial charge in [-0.05, 0) is 81.9 Å². The molecule has 0 radical (unpaired) electrons. The molecule has 5 heteroatoms. The molecule has 3 heterocycles. The summed E-state index contributed by atoms with van der Waals surface area (Å²) in [4.78, 5) is 15.8. The Morgan fingerprint density at radius 2 is 0.806 bits per heavy atom. The Bertz CT molecular complexity index is 3530. The average molecular weight is 793 g/mol. The number of nitrogens with zero attached hydrogens (tertiary/aromatic N) is 4. The van der Waals surface area contributed by atoms with Gasteiger partial charge in [0.2, 0.25) is 0 Å². The molecule has 12 rings (SSSR count). The zero-order chi connectivity index (χ0) is 41.0. The van der Waals surface area contributed by atoms with Gasteiger partial charge in [0.15, 0.2) is 17.5 Å². The van der Waals surface area contributed by atoms with Crippen molar-refractivity contribution in [1.29, 1.82) is 0 Å². The minimum atomic E-state index is 0.574. The lowest BCUT2D eigenvalue weighted by molar-refractivity contribution is 0.669. The Hall–Kier alpha value is -8.41. The van der Waals surface area contributed by atoms with Gasteiger partial charge >= 0.3 is 0 Å². The van der Waals surface area contributed by atoms with Crippen molar-refractivity contribution in [3.63, 3.8) is 0 Å². The summed E-state index contributed by atoms with van der Waals surface area (Å²) < 4.78 is 9.11. The average Bonchev–Trinajstić information content (AvgIpc) is 3.89. The van der Waals surface area contributed by atoms with Crippen molar-refractivity contribution in [2.75, 3.05) is 0 Å². The third-order valence-corrected chi connectivity index (χ3v) is 11.8. The summed E-state index contributed by atoms with van der Waals surface area (Å²) >= 11 is 0. The predicted molar refractivity (Wildman–Crippen MR) is 254 cm³/mol. The number of furan rings is 1. The number of fused-ring (bicyclic) bond motifs is 6. The van der Waals surface area contributed by atoms with Crippen LogP contribution in [0.15, 0.2) is 223 Å². The maximum Gasteiger partial charge on any atom is 0.164 e. The normalized spacial score (nSPS) is 11.5. The van der Waals surface area contributed by atoms with E-state index in [0.717, 1.165) is 93.9 Å². The van der Waals surface area contributed by atoms with Crippen LogP contribution < -0.4 is 0 Å². The number of hydrogen-bond donors (Lipinski definition) is 0. The summed E-state index contributed by atoms with van der Waals surface area (Å²) in [5, 5.41) is 4.24. The van der Waals surface area contributed by atoms with Crippen LogP contribution in [0.3, 0.4) is 0 Å². The smallest absolute Gasteiger partial charge is 0.164 e. The summed E-state index contributed by atoms with van der Waals surface area (Å²) in [6.07, 6.45) is 0. The zero-order valence-electron chi connectivity index (χ0n) is 33.5. The number of rotatable bonds is 7. The highest BCUT2D eigenvalue weighted by Crippen LogP contribution is 2.42. The number of aromatic nitrogens is 4. The predicted octanol–water partition coefficient (Wildman–Crippen LogP) is 14.9. The monoisotopic (exact) mass is 792 g/mol. The maximum absolute atomic E-state index is 6.74. The largest absolute Gasteiger partial charge is 0.456 e. The Morgan fingerprint density at radius 3 is 1.44 bits per heavy atom. The van der Waals surface area contributed by atoms with Crippen LogP contribution in [0.5, 0.6) is 0 Å². The Labute approximate surface area is 357 Å². The van der Waals surface area contributed by atoms with Crippen LogP contribution in [0.1, 0.15) is 0 Å². The summed E-state index contributed by atoms with van der Waals surface area (Å²) in [5.74, 6) is 1.77. The first-order valence-corrected chi connectivity index (χ1v) is 20.8. The second-order valence-electron chi connectivity index (χ2n) is 15.6. The van der Waals surface area contributed by atoms with Crippen LogP contribution in [0.4, 0.5) is 0 Å². The molecule has 9 aromatic carbocycles. The van der Waals surface area contributed by atoms with E-state index < -0.39 is 0 Å². The number of benzene rings is 9. The molecular weight excluding hydrogens is 757 g/mol. The molecule has 0 spiro atoms. The molecule has 0 bridgehead atoms. The van der Waals surface area contributed by atoms with E-state index in [-0.39, 0.29) is 0 Å². The molecule has 5 nitrogen and oxygen atoms in total. The maximum atomic E-state index is 6.74.